The molecule has 1 aromatic carbocycles. The quantitative estimate of drug-likeness (QED) is 0.849. The number of benzene rings is 1. The molecule has 1 aliphatic rings. The number of sulfonamides is 1. The van der Waals surface area contributed by atoms with E-state index in [1.807, 2.05) is 33.8 Å². The van der Waals surface area contributed by atoms with Gasteiger partial charge in [-0.1, -0.05) is 13.0 Å². The van der Waals surface area contributed by atoms with Crippen LogP contribution in [0.5, 0.6) is 0 Å². The van der Waals surface area contributed by atoms with Crippen LogP contribution in [-0.4, -0.2) is 49.7 Å². The fraction of sp³-hybridized carbons (Fsp3) is 0.588. The first-order valence-electron chi connectivity index (χ1n) is 8.13. The SMILES string of the molecule is CCC(=O)N1CCCN(S(=O)(=O)c2cc(C)c(C)cc2C)CC1. The molecule has 128 valence electrons. The minimum atomic E-state index is -3.52. The molecule has 1 aliphatic heterocycles. The predicted molar refractivity (Wildman–Crippen MR) is 90.9 cm³/mol. The maximum Gasteiger partial charge on any atom is 0.243 e. The third-order valence-electron chi connectivity index (χ3n) is 4.52. The normalized spacial score (nSPS) is 17.1. The second-order valence-electron chi connectivity index (χ2n) is 6.19. The summed E-state index contributed by atoms with van der Waals surface area (Å²) < 4.78 is 27.5. The fourth-order valence-corrected chi connectivity index (χ4v) is 4.72. The van der Waals surface area contributed by atoms with Crippen molar-refractivity contribution in [2.45, 2.75) is 45.4 Å². The molecular weight excluding hydrogens is 312 g/mol. The maximum absolute atomic E-state index is 13.0. The lowest BCUT2D eigenvalue weighted by Crippen LogP contribution is -2.37. The van der Waals surface area contributed by atoms with Crippen LogP contribution in [0.4, 0.5) is 0 Å². The van der Waals surface area contributed by atoms with Crippen molar-refractivity contribution in [2.75, 3.05) is 26.2 Å². The van der Waals surface area contributed by atoms with Gasteiger partial charge >= 0.3 is 0 Å². The summed E-state index contributed by atoms with van der Waals surface area (Å²) in [5, 5.41) is 0. The minimum Gasteiger partial charge on any atom is -0.341 e. The van der Waals surface area contributed by atoms with Crippen molar-refractivity contribution in [3.8, 4) is 0 Å². The molecule has 1 saturated heterocycles. The van der Waals surface area contributed by atoms with Gasteiger partial charge in [-0.3, -0.25) is 4.79 Å². The summed E-state index contributed by atoms with van der Waals surface area (Å²) in [4.78, 5) is 14.0. The zero-order valence-electron chi connectivity index (χ0n) is 14.4. The van der Waals surface area contributed by atoms with Crippen molar-refractivity contribution in [1.29, 1.82) is 0 Å². The van der Waals surface area contributed by atoms with Crippen LogP contribution in [0.15, 0.2) is 17.0 Å². The highest BCUT2D eigenvalue weighted by atomic mass is 32.2. The summed E-state index contributed by atoms with van der Waals surface area (Å²) in [6.07, 6.45) is 1.14. The molecule has 23 heavy (non-hydrogen) atoms. The van der Waals surface area contributed by atoms with Gasteiger partial charge in [0.05, 0.1) is 4.90 Å². The lowest BCUT2D eigenvalue weighted by Gasteiger charge is -2.23. The zero-order chi connectivity index (χ0) is 17.2. The molecule has 1 heterocycles. The number of amides is 1. The molecule has 0 saturated carbocycles. The number of carbonyl (C=O) groups excluding carboxylic acids is 1. The highest BCUT2D eigenvalue weighted by Gasteiger charge is 2.29. The number of aryl methyl sites for hydroxylation is 3. The summed E-state index contributed by atoms with van der Waals surface area (Å²) in [7, 11) is -3.52. The molecule has 0 N–H and O–H groups in total. The summed E-state index contributed by atoms with van der Waals surface area (Å²) >= 11 is 0. The van der Waals surface area contributed by atoms with Crippen molar-refractivity contribution >= 4 is 15.9 Å². The van der Waals surface area contributed by atoms with E-state index in [-0.39, 0.29) is 5.91 Å². The second kappa shape index (κ2) is 7.01. The van der Waals surface area contributed by atoms with Crippen LogP contribution in [0.2, 0.25) is 0 Å². The average Bonchev–Trinajstić information content (AvgIpc) is 2.76. The van der Waals surface area contributed by atoms with E-state index in [0.717, 1.165) is 16.7 Å². The van der Waals surface area contributed by atoms with E-state index in [9.17, 15) is 13.2 Å². The number of carbonyl (C=O) groups is 1. The van der Waals surface area contributed by atoms with E-state index in [2.05, 4.69) is 0 Å². The Morgan fingerprint density at radius 2 is 1.65 bits per heavy atom. The Bertz CT molecular complexity index is 698. The van der Waals surface area contributed by atoms with E-state index in [1.165, 1.54) is 4.31 Å². The van der Waals surface area contributed by atoms with Crippen molar-refractivity contribution in [3.05, 3.63) is 28.8 Å². The molecule has 0 atom stereocenters. The smallest absolute Gasteiger partial charge is 0.243 e. The molecule has 1 amide bonds. The van der Waals surface area contributed by atoms with Gasteiger partial charge in [0, 0.05) is 32.6 Å². The first-order chi connectivity index (χ1) is 10.8. The molecule has 0 unspecified atom stereocenters. The molecule has 0 aromatic heterocycles. The van der Waals surface area contributed by atoms with Gasteiger partial charge in [0.2, 0.25) is 15.9 Å². The Morgan fingerprint density at radius 3 is 2.30 bits per heavy atom. The molecule has 1 fully saturated rings. The van der Waals surface area contributed by atoms with Crippen LogP contribution < -0.4 is 0 Å². The molecule has 1 aromatic rings. The van der Waals surface area contributed by atoms with E-state index in [4.69, 9.17) is 0 Å². The average molecular weight is 338 g/mol. The van der Waals surface area contributed by atoms with Gasteiger partial charge in [-0.15, -0.1) is 0 Å². The third kappa shape index (κ3) is 3.75. The Labute approximate surface area is 139 Å². The zero-order valence-corrected chi connectivity index (χ0v) is 15.2. The number of nitrogens with zero attached hydrogens (tertiary/aromatic N) is 2. The van der Waals surface area contributed by atoms with Crippen LogP contribution in [-0.2, 0) is 14.8 Å². The second-order valence-corrected chi connectivity index (χ2v) is 8.10. The van der Waals surface area contributed by atoms with Gasteiger partial charge in [0.15, 0.2) is 0 Å². The number of hydrogen-bond donors (Lipinski definition) is 0. The van der Waals surface area contributed by atoms with Crippen molar-refractivity contribution in [1.82, 2.24) is 9.21 Å². The van der Waals surface area contributed by atoms with Crippen LogP contribution >= 0.6 is 0 Å². The lowest BCUT2D eigenvalue weighted by molar-refractivity contribution is -0.130. The molecule has 0 aliphatic carbocycles. The molecule has 0 bridgehead atoms. The van der Waals surface area contributed by atoms with Crippen LogP contribution in [0.25, 0.3) is 0 Å². The van der Waals surface area contributed by atoms with Gasteiger partial charge < -0.3 is 4.90 Å². The first-order valence-corrected chi connectivity index (χ1v) is 9.57. The van der Waals surface area contributed by atoms with Crippen LogP contribution in [0.3, 0.4) is 0 Å². The Morgan fingerprint density at radius 1 is 1.00 bits per heavy atom. The van der Waals surface area contributed by atoms with Gasteiger partial charge in [0.25, 0.3) is 0 Å². The van der Waals surface area contributed by atoms with Gasteiger partial charge in [-0.25, -0.2) is 8.42 Å². The minimum absolute atomic E-state index is 0.0895. The summed E-state index contributed by atoms with van der Waals surface area (Å²) in [6, 6.07) is 3.69. The van der Waals surface area contributed by atoms with E-state index in [0.29, 0.717) is 43.9 Å². The summed E-state index contributed by atoms with van der Waals surface area (Å²) in [5.41, 5.74) is 2.85. The molecule has 2 rings (SSSR count). The van der Waals surface area contributed by atoms with Crippen LogP contribution in [0, 0.1) is 20.8 Å². The third-order valence-corrected chi connectivity index (χ3v) is 6.56. The van der Waals surface area contributed by atoms with Crippen molar-refractivity contribution < 1.29 is 13.2 Å². The summed E-state index contributed by atoms with van der Waals surface area (Å²) in [5.74, 6) is 0.0895. The maximum atomic E-state index is 13.0. The van der Waals surface area contributed by atoms with E-state index >= 15 is 0 Å². The Hall–Kier alpha value is -1.40. The first kappa shape index (κ1) is 17.9. The Kier molecular flexibility index (Phi) is 5.47. The summed E-state index contributed by atoms with van der Waals surface area (Å²) in [6.45, 7) is 9.50. The lowest BCUT2D eigenvalue weighted by atomic mass is 10.1. The molecule has 6 heteroatoms. The highest BCUT2D eigenvalue weighted by Crippen LogP contribution is 2.24. The van der Waals surface area contributed by atoms with E-state index in [1.54, 1.807) is 11.0 Å². The largest absolute Gasteiger partial charge is 0.341 e. The van der Waals surface area contributed by atoms with Gasteiger partial charge in [-0.05, 0) is 49.9 Å². The topological polar surface area (TPSA) is 57.7 Å². The van der Waals surface area contributed by atoms with Crippen molar-refractivity contribution in [2.24, 2.45) is 0 Å². The molecule has 0 radical (unpaired) electrons. The number of rotatable bonds is 3. The monoisotopic (exact) mass is 338 g/mol. The molecular formula is C17H26N2O3S. The molecule has 5 nitrogen and oxygen atoms in total. The molecule has 0 spiro atoms. The standard InChI is InChI=1S/C17H26N2O3S/c1-5-17(20)18-7-6-8-19(10-9-18)23(21,22)16-12-14(3)13(2)11-15(16)4/h11-12H,5-10H2,1-4H3. The van der Waals surface area contributed by atoms with E-state index < -0.39 is 10.0 Å². The van der Waals surface area contributed by atoms with Crippen LogP contribution in [0.1, 0.15) is 36.5 Å². The Balaban J connectivity index is 2.27. The highest BCUT2D eigenvalue weighted by molar-refractivity contribution is 7.89. The van der Waals surface area contributed by atoms with Gasteiger partial charge in [-0.2, -0.15) is 4.31 Å². The van der Waals surface area contributed by atoms with Crippen molar-refractivity contribution in [3.63, 3.8) is 0 Å². The number of hydrogen-bond acceptors (Lipinski definition) is 3. The predicted octanol–water partition coefficient (Wildman–Crippen LogP) is 2.24. The fourth-order valence-electron chi connectivity index (χ4n) is 2.96. The van der Waals surface area contributed by atoms with Gasteiger partial charge in [0.1, 0.15) is 0 Å².